The molecule has 2 heteroatoms. The normalized spacial score (nSPS) is 40.3. The molecule has 19 heavy (non-hydrogen) atoms. The third-order valence-corrected chi connectivity index (χ3v) is 6.52. The van der Waals surface area contributed by atoms with Crippen molar-refractivity contribution in [2.24, 2.45) is 23.0 Å². The molecule has 1 heterocycles. The third-order valence-electron chi connectivity index (χ3n) is 6.52. The van der Waals surface area contributed by atoms with Crippen molar-refractivity contribution in [1.82, 2.24) is 4.90 Å². The molecule has 0 aromatic heterocycles. The van der Waals surface area contributed by atoms with E-state index in [-0.39, 0.29) is 0 Å². The van der Waals surface area contributed by atoms with Gasteiger partial charge in [0.05, 0.1) is 0 Å². The Balaban J connectivity index is 2.10. The zero-order chi connectivity index (χ0) is 14.1. The molecule has 1 aliphatic heterocycles. The number of nitrogens with two attached hydrogens (primary N) is 1. The fraction of sp³-hybridized carbons (Fsp3) is 1.00. The first kappa shape index (κ1) is 15.3. The summed E-state index contributed by atoms with van der Waals surface area (Å²) in [4.78, 5) is 2.77. The lowest BCUT2D eigenvalue weighted by molar-refractivity contribution is -0.0386. The van der Waals surface area contributed by atoms with Gasteiger partial charge in [-0.2, -0.15) is 0 Å². The van der Waals surface area contributed by atoms with Gasteiger partial charge < -0.3 is 5.73 Å². The van der Waals surface area contributed by atoms with Crippen molar-refractivity contribution in [3.8, 4) is 0 Å². The third kappa shape index (κ3) is 2.85. The number of piperidine rings is 1. The van der Waals surface area contributed by atoms with E-state index in [1.807, 2.05) is 0 Å². The van der Waals surface area contributed by atoms with E-state index in [4.69, 9.17) is 5.73 Å². The summed E-state index contributed by atoms with van der Waals surface area (Å²) in [6, 6.07) is 0. The van der Waals surface area contributed by atoms with E-state index in [1.165, 1.54) is 51.6 Å². The maximum Gasteiger partial charge on any atom is 0.0359 e. The first-order valence-corrected chi connectivity index (χ1v) is 8.41. The molecule has 3 atom stereocenters. The van der Waals surface area contributed by atoms with Crippen molar-refractivity contribution in [2.75, 3.05) is 19.6 Å². The van der Waals surface area contributed by atoms with E-state index in [2.05, 4.69) is 32.6 Å². The highest BCUT2D eigenvalue weighted by Gasteiger charge is 2.46. The fourth-order valence-corrected chi connectivity index (χ4v) is 4.41. The average Bonchev–Trinajstić information content (AvgIpc) is 2.42. The van der Waals surface area contributed by atoms with Crippen molar-refractivity contribution >= 4 is 0 Å². The lowest BCUT2D eigenvalue weighted by Gasteiger charge is -2.55. The van der Waals surface area contributed by atoms with Crippen LogP contribution in [0.3, 0.4) is 0 Å². The van der Waals surface area contributed by atoms with Crippen LogP contribution in [-0.2, 0) is 0 Å². The predicted molar refractivity (Wildman–Crippen MR) is 83.2 cm³/mol. The maximum atomic E-state index is 6.28. The number of likely N-dealkylation sites (tertiary alicyclic amines) is 1. The van der Waals surface area contributed by atoms with Crippen molar-refractivity contribution < 1.29 is 0 Å². The van der Waals surface area contributed by atoms with E-state index in [9.17, 15) is 0 Å². The first-order chi connectivity index (χ1) is 8.96. The molecule has 1 saturated carbocycles. The van der Waals surface area contributed by atoms with Gasteiger partial charge in [0.25, 0.3) is 0 Å². The summed E-state index contributed by atoms with van der Waals surface area (Å²) >= 11 is 0. The molecule has 0 bridgehead atoms. The average molecular weight is 266 g/mol. The molecular formula is C17H34N2. The van der Waals surface area contributed by atoms with Crippen molar-refractivity contribution in [2.45, 2.75) is 71.8 Å². The van der Waals surface area contributed by atoms with Crippen LogP contribution in [0.1, 0.15) is 66.2 Å². The molecule has 112 valence electrons. The molecule has 2 nitrogen and oxygen atoms in total. The monoisotopic (exact) mass is 266 g/mol. The van der Waals surface area contributed by atoms with Gasteiger partial charge >= 0.3 is 0 Å². The number of rotatable bonds is 3. The second kappa shape index (κ2) is 5.73. The van der Waals surface area contributed by atoms with Crippen molar-refractivity contribution in [1.29, 1.82) is 0 Å². The summed E-state index contributed by atoms with van der Waals surface area (Å²) in [5, 5.41) is 0. The Bertz CT molecular complexity index is 294. The van der Waals surface area contributed by atoms with Crippen LogP contribution in [0.4, 0.5) is 0 Å². The summed E-state index contributed by atoms with van der Waals surface area (Å²) in [7, 11) is 0. The Morgan fingerprint density at radius 2 is 1.79 bits per heavy atom. The van der Waals surface area contributed by atoms with Crippen LogP contribution >= 0.6 is 0 Å². The molecule has 1 aliphatic carbocycles. The maximum absolute atomic E-state index is 6.28. The van der Waals surface area contributed by atoms with E-state index in [0.29, 0.717) is 11.0 Å². The molecule has 2 N–H and O–H groups in total. The smallest absolute Gasteiger partial charge is 0.0359 e. The van der Waals surface area contributed by atoms with E-state index >= 15 is 0 Å². The van der Waals surface area contributed by atoms with Crippen LogP contribution in [-0.4, -0.2) is 30.1 Å². The Labute approximate surface area is 120 Å². The molecule has 2 aliphatic rings. The second-order valence-electron chi connectivity index (χ2n) is 7.75. The van der Waals surface area contributed by atoms with Crippen LogP contribution in [0, 0.1) is 17.3 Å². The minimum atomic E-state index is 0.298. The lowest BCUT2D eigenvalue weighted by atomic mass is 9.67. The number of hydrogen-bond acceptors (Lipinski definition) is 2. The van der Waals surface area contributed by atoms with Crippen molar-refractivity contribution in [3.05, 3.63) is 0 Å². The summed E-state index contributed by atoms with van der Waals surface area (Å²) < 4.78 is 0. The van der Waals surface area contributed by atoms with E-state index in [0.717, 1.165) is 18.4 Å². The topological polar surface area (TPSA) is 29.3 Å². The zero-order valence-corrected chi connectivity index (χ0v) is 13.5. The predicted octanol–water partition coefficient (Wildman–Crippen LogP) is 3.65. The molecule has 0 amide bonds. The van der Waals surface area contributed by atoms with Gasteiger partial charge in [0.15, 0.2) is 0 Å². The molecule has 3 unspecified atom stereocenters. The molecule has 0 aromatic rings. The minimum Gasteiger partial charge on any atom is -0.329 e. The largest absolute Gasteiger partial charge is 0.329 e. The summed E-state index contributed by atoms with van der Waals surface area (Å²) in [6.45, 7) is 13.0. The molecule has 0 aromatic carbocycles. The molecule has 2 rings (SSSR count). The number of nitrogens with zero attached hydrogens (tertiary/aromatic N) is 1. The van der Waals surface area contributed by atoms with Crippen molar-refractivity contribution in [3.63, 3.8) is 0 Å². The van der Waals surface area contributed by atoms with Gasteiger partial charge in [-0.3, -0.25) is 4.90 Å². The molecule has 2 fully saturated rings. The Kier molecular flexibility index (Phi) is 4.62. The van der Waals surface area contributed by atoms with Crippen LogP contribution in [0.2, 0.25) is 0 Å². The van der Waals surface area contributed by atoms with Gasteiger partial charge in [-0.1, -0.05) is 40.5 Å². The van der Waals surface area contributed by atoms with Gasteiger partial charge in [-0.25, -0.2) is 0 Å². The SMILES string of the molecule is CCC1(C)CCN(C2(CN)CC(C)CCC2C)CC1. The van der Waals surface area contributed by atoms with Gasteiger partial charge in [-0.15, -0.1) is 0 Å². The number of hydrogen-bond donors (Lipinski definition) is 1. The summed E-state index contributed by atoms with van der Waals surface area (Å²) in [5.74, 6) is 1.61. The van der Waals surface area contributed by atoms with E-state index in [1.54, 1.807) is 0 Å². The summed E-state index contributed by atoms with van der Waals surface area (Å²) in [5.41, 5.74) is 7.16. The standard InChI is InChI=1S/C17H34N2/c1-5-16(4)8-10-19(11-9-16)17(13-18)12-14(2)6-7-15(17)3/h14-15H,5-13,18H2,1-4H3. The molecule has 0 spiro atoms. The van der Waals surface area contributed by atoms with Crippen LogP contribution in [0.25, 0.3) is 0 Å². The quantitative estimate of drug-likeness (QED) is 0.845. The molecule has 0 radical (unpaired) electrons. The zero-order valence-electron chi connectivity index (χ0n) is 13.5. The Hall–Kier alpha value is -0.0800. The van der Waals surface area contributed by atoms with Crippen LogP contribution in [0.15, 0.2) is 0 Å². The highest BCUT2D eigenvalue weighted by molar-refractivity contribution is 5.01. The first-order valence-electron chi connectivity index (χ1n) is 8.41. The Morgan fingerprint density at radius 1 is 1.16 bits per heavy atom. The fourth-order valence-electron chi connectivity index (χ4n) is 4.41. The minimum absolute atomic E-state index is 0.298. The highest BCUT2D eigenvalue weighted by Crippen LogP contribution is 2.44. The van der Waals surface area contributed by atoms with Gasteiger partial charge in [0, 0.05) is 12.1 Å². The van der Waals surface area contributed by atoms with Crippen LogP contribution in [0.5, 0.6) is 0 Å². The van der Waals surface area contributed by atoms with Crippen LogP contribution < -0.4 is 5.73 Å². The molecule has 1 saturated heterocycles. The van der Waals surface area contributed by atoms with Gasteiger partial charge in [-0.05, 0) is 56.0 Å². The Morgan fingerprint density at radius 3 is 2.32 bits per heavy atom. The van der Waals surface area contributed by atoms with Gasteiger partial charge in [0.1, 0.15) is 0 Å². The lowest BCUT2D eigenvalue weighted by Crippen LogP contribution is -2.62. The van der Waals surface area contributed by atoms with E-state index < -0.39 is 0 Å². The summed E-state index contributed by atoms with van der Waals surface area (Å²) in [6.07, 6.45) is 8.10. The molecular weight excluding hydrogens is 232 g/mol. The van der Waals surface area contributed by atoms with Gasteiger partial charge in [0.2, 0.25) is 0 Å². The highest BCUT2D eigenvalue weighted by atomic mass is 15.2. The second-order valence-corrected chi connectivity index (χ2v) is 7.75.